The highest BCUT2D eigenvalue weighted by Crippen LogP contribution is 2.23. The Morgan fingerprint density at radius 1 is 1.30 bits per heavy atom. The van der Waals surface area contributed by atoms with Gasteiger partial charge in [-0.25, -0.2) is 9.07 Å². The van der Waals surface area contributed by atoms with E-state index in [-0.39, 0.29) is 36.2 Å². The van der Waals surface area contributed by atoms with Crippen LogP contribution < -0.4 is 5.73 Å². The van der Waals surface area contributed by atoms with Crippen LogP contribution in [0.4, 0.5) is 4.39 Å². The van der Waals surface area contributed by atoms with Gasteiger partial charge in [0.25, 0.3) is 0 Å². The number of carbonyl (C=O) groups excluding carboxylic acids is 1. The molecule has 1 aliphatic rings. The van der Waals surface area contributed by atoms with E-state index in [1.165, 1.54) is 12.1 Å². The second kappa shape index (κ2) is 8.85. The van der Waals surface area contributed by atoms with Crippen molar-refractivity contribution in [2.75, 3.05) is 6.54 Å². The second-order valence-electron chi connectivity index (χ2n) is 7.22. The van der Waals surface area contributed by atoms with Crippen LogP contribution >= 0.6 is 12.4 Å². The predicted octanol–water partition coefficient (Wildman–Crippen LogP) is 3.32. The number of rotatable bonds is 4. The standard InChI is InChI=1S/C20H27FN4O.ClH/c1-13(22)19-6-4-5-11-24(19)20(26)12-18-14(2)23-25(15(18)3)17-9-7-16(21)8-10-17;/h7-10,13,19H,4-6,11-12,22H2,1-3H3;1H. The van der Waals surface area contributed by atoms with Crippen LogP contribution in [0.1, 0.15) is 43.1 Å². The van der Waals surface area contributed by atoms with Crippen LogP contribution in [0.15, 0.2) is 24.3 Å². The monoisotopic (exact) mass is 394 g/mol. The third-order valence-electron chi connectivity index (χ3n) is 5.32. The fraction of sp³-hybridized carbons (Fsp3) is 0.500. The van der Waals surface area contributed by atoms with E-state index in [4.69, 9.17) is 5.73 Å². The van der Waals surface area contributed by atoms with Crippen LogP contribution in [0.2, 0.25) is 0 Å². The maximum absolute atomic E-state index is 13.2. The van der Waals surface area contributed by atoms with E-state index in [1.54, 1.807) is 16.8 Å². The molecule has 27 heavy (non-hydrogen) atoms. The Morgan fingerprint density at radius 2 is 1.96 bits per heavy atom. The summed E-state index contributed by atoms with van der Waals surface area (Å²) in [4.78, 5) is 14.9. The van der Waals surface area contributed by atoms with E-state index in [9.17, 15) is 9.18 Å². The zero-order valence-corrected chi connectivity index (χ0v) is 16.9. The number of nitrogens with two attached hydrogens (primary N) is 1. The van der Waals surface area contributed by atoms with Gasteiger partial charge in [-0.1, -0.05) is 0 Å². The smallest absolute Gasteiger partial charge is 0.227 e. The van der Waals surface area contributed by atoms with Gasteiger partial charge in [-0.2, -0.15) is 5.10 Å². The van der Waals surface area contributed by atoms with Gasteiger partial charge >= 0.3 is 0 Å². The van der Waals surface area contributed by atoms with E-state index < -0.39 is 0 Å². The van der Waals surface area contributed by atoms with Crippen LogP contribution in [0.5, 0.6) is 0 Å². The van der Waals surface area contributed by atoms with Crippen molar-refractivity contribution >= 4 is 18.3 Å². The molecule has 2 atom stereocenters. The van der Waals surface area contributed by atoms with Crippen molar-refractivity contribution < 1.29 is 9.18 Å². The van der Waals surface area contributed by atoms with Crippen LogP contribution in [0.25, 0.3) is 5.69 Å². The highest BCUT2D eigenvalue weighted by atomic mass is 35.5. The van der Waals surface area contributed by atoms with Crippen molar-refractivity contribution in [1.82, 2.24) is 14.7 Å². The lowest BCUT2D eigenvalue weighted by atomic mass is 9.96. The molecule has 1 fully saturated rings. The highest BCUT2D eigenvalue weighted by molar-refractivity contribution is 5.85. The molecule has 0 aliphatic carbocycles. The maximum Gasteiger partial charge on any atom is 0.227 e. The van der Waals surface area contributed by atoms with Gasteiger partial charge in [0.15, 0.2) is 0 Å². The quantitative estimate of drug-likeness (QED) is 0.865. The molecule has 0 saturated carbocycles. The normalized spacial score (nSPS) is 18.1. The Hall–Kier alpha value is -1.92. The summed E-state index contributed by atoms with van der Waals surface area (Å²) in [5.74, 6) is -0.172. The van der Waals surface area contributed by atoms with Crippen molar-refractivity contribution in [3.05, 3.63) is 47.0 Å². The van der Waals surface area contributed by atoms with Crippen LogP contribution in [-0.4, -0.2) is 39.2 Å². The average molecular weight is 395 g/mol. The topological polar surface area (TPSA) is 64.2 Å². The van der Waals surface area contributed by atoms with Crippen LogP contribution in [-0.2, 0) is 11.2 Å². The first-order valence-corrected chi connectivity index (χ1v) is 9.24. The number of halogens is 2. The average Bonchev–Trinajstić information content (AvgIpc) is 2.90. The lowest BCUT2D eigenvalue weighted by Crippen LogP contribution is -2.52. The largest absolute Gasteiger partial charge is 0.338 e. The summed E-state index contributed by atoms with van der Waals surface area (Å²) in [5, 5.41) is 4.56. The molecule has 148 valence electrons. The van der Waals surface area contributed by atoms with Crippen LogP contribution in [0.3, 0.4) is 0 Å². The first kappa shape index (κ1) is 21.4. The van der Waals surface area contributed by atoms with Gasteiger partial charge in [0.05, 0.1) is 17.8 Å². The molecule has 1 aromatic heterocycles. The zero-order chi connectivity index (χ0) is 18.8. The summed E-state index contributed by atoms with van der Waals surface area (Å²) in [6.07, 6.45) is 3.44. The van der Waals surface area contributed by atoms with Crippen molar-refractivity contribution in [2.24, 2.45) is 5.73 Å². The molecule has 1 aromatic carbocycles. The molecule has 1 saturated heterocycles. The maximum atomic E-state index is 13.2. The van der Waals surface area contributed by atoms with E-state index >= 15 is 0 Å². The number of piperidine rings is 1. The second-order valence-corrected chi connectivity index (χ2v) is 7.22. The molecular formula is C20H28ClFN4O. The summed E-state index contributed by atoms with van der Waals surface area (Å²) < 4.78 is 15.0. The lowest BCUT2D eigenvalue weighted by Gasteiger charge is -2.38. The van der Waals surface area contributed by atoms with Gasteiger partial charge in [0, 0.05) is 29.9 Å². The molecule has 0 bridgehead atoms. The number of benzene rings is 1. The number of hydrogen-bond acceptors (Lipinski definition) is 3. The SMILES string of the molecule is Cc1nn(-c2ccc(F)cc2)c(C)c1CC(=O)N1CCCCC1C(C)N.Cl. The van der Waals surface area contributed by atoms with E-state index in [1.807, 2.05) is 25.7 Å². The van der Waals surface area contributed by atoms with Crippen molar-refractivity contribution in [3.8, 4) is 5.69 Å². The minimum absolute atomic E-state index is 0. The Bertz CT molecular complexity index is 788. The number of hydrogen-bond donors (Lipinski definition) is 1. The molecule has 5 nitrogen and oxygen atoms in total. The zero-order valence-electron chi connectivity index (χ0n) is 16.1. The first-order chi connectivity index (χ1) is 12.4. The Labute approximate surface area is 166 Å². The van der Waals surface area contributed by atoms with E-state index in [0.29, 0.717) is 6.42 Å². The number of aryl methyl sites for hydroxylation is 1. The summed E-state index contributed by atoms with van der Waals surface area (Å²) >= 11 is 0. The molecule has 2 heterocycles. The molecule has 2 N–H and O–H groups in total. The molecule has 1 aliphatic heterocycles. The third-order valence-corrected chi connectivity index (χ3v) is 5.32. The molecule has 2 aromatic rings. The Kier molecular flexibility index (Phi) is 7.00. The van der Waals surface area contributed by atoms with Gasteiger partial charge < -0.3 is 10.6 Å². The lowest BCUT2D eigenvalue weighted by molar-refractivity contribution is -0.134. The first-order valence-electron chi connectivity index (χ1n) is 9.24. The summed E-state index contributed by atoms with van der Waals surface area (Å²) in [5.41, 5.74) is 9.57. The fourth-order valence-corrected chi connectivity index (χ4v) is 3.83. The number of carbonyl (C=O) groups is 1. The van der Waals surface area contributed by atoms with Crippen molar-refractivity contribution in [1.29, 1.82) is 0 Å². The minimum Gasteiger partial charge on any atom is -0.338 e. The molecule has 1 amide bonds. The molecular weight excluding hydrogens is 367 g/mol. The predicted molar refractivity (Wildman–Crippen MR) is 107 cm³/mol. The van der Waals surface area contributed by atoms with E-state index in [0.717, 1.165) is 48.4 Å². The number of amides is 1. The van der Waals surface area contributed by atoms with Gasteiger partial charge in [-0.05, 0) is 64.3 Å². The summed E-state index contributed by atoms with van der Waals surface area (Å²) in [6, 6.07) is 6.30. The Balaban J connectivity index is 0.00000261. The Morgan fingerprint density at radius 3 is 2.59 bits per heavy atom. The summed E-state index contributed by atoms with van der Waals surface area (Å²) in [7, 11) is 0. The molecule has 3 rings (SSSR count). The number of nitrogens with zero attached hydrogens (tertiary/aromatic N) is 3. The minimum atomic E-state index is -0.280. The van der Waals surface area contributed by atoms with Crippen molar-refractivity contribution in [2.45, 2.75) is 58.5 Å². The van der Waals surface area contributed by atoms with Gasteiger partial charge in [-0.3, -0.25) is 4.79 Å². The van der Waals surface area contributed by atoms with Crippen molar-refractivity contribution in [3.63, 3.8) is 0 Å². The third kappa shape index (κ3) is 4.50. The molecule has 0 radical (unpaired) electrons. The number of likely N-dealkylation sites (tertiary alicyclic amines) is 1. The van der Waals surface area contributed by atoms with E-state index in [2.05, 4.69) is 5.10 Å². The highest BCUT2D eigenvalue weighted by Gasteiger charge is 2.30. The molecule has 0 spiro atoms. The van der Waals surface area contributed by atoms with Gasteiger partial charge in [0.2, 0.25) is 5.91 Å². The molecule has 2 unspecified atom stereocenters. The molecule has 7 heteroatoms. The summed E-state index contributed by atoms with van der Waals surface area (Å²) in [6.45, 7) is 6.61. The van der Waals surface area contributed by atoms with Gasteiger partial charge in [0.1, 0.15) is 5.82 Å². The van der Waals surface area contributed by atoms with Crippen LogP contribution in [0, 0.1) is 19.7 Å². The fourth-order valence-electron chi connectivity index (χ4n) is 3.83. The van der Waals surface area contributed by atoms with Gasteiger partial charge in [-0.15, -0.1) is 12.4 Å². The number of aromatic nitrogens is 2.